The van der Waals surface area contributed by atoms with E-state index in [4.69, 9.17) is 4.74 Å². The minimum Gasteiger partial charge on any atom is -0.374 e. The molecule has 1 aliphatic heterocycles. The normalized spacial score (nSPS) is 40.0. The second kappa shape index (κ2) is 6.88. The molecule has 5 fully saturated rings. The molecule has 5 rings (SSSR count). The van der Waals surface area contributed by atoms with Gasteiger partial charge in [0.15, 0.2) is 0 Å². The molecule has 6 nitrogen and oxygen atoms in total. The van der Waals surface area contributed by atoms with Crippen molar-refractivity contribution in [3.05, 3.63) is 0 Å². The zero-order valence-electron chi connectivity index (χ0n) is 15.3. The van der Waals surface area contributed by atoms with Gasteiger partial charge >= 0.3 is 0 Å². The third kappa shape index (κ3) is 4.00. The molecule has 1 heterocycles. The van der Waals surface area contributed by atoms with Crippen LogP contribution in [-0.4, -0.2) is 61.1 Å². The second-order valence-electron chi connectivity index (χ2n) is 8.91. The van der Waals surface area contributed by atoms with Crippen LogP contribution in [0.25, 0.3) is 0 Å². The summed E-state index contributed by atoms with van der Waals surface area (Å²) in [6.45, 7) is 4.58. The average Bonchev–Trinajstić information content (AvgIpc) is 2.51. The first-order valence-corrected chi connectivity index (χ1v) is 9.89. The molecule has 0 radical (unpaired) electrons. The van der Waals surface area contributed by atoms with Gasteiger partial charge in [0, 0.05) is 32.1 Å². The lowest BCUT2D eigenvalue weighted by Gasteiger charge is -2.57. The highest BCUT2D eigenvalue weighted by Crippen LogP contribution is 2.55. The van der Waals surface area contributed by atoms with Gasteiger partial charge in [0.25, 0.3) is 0 Å². The van der Waals surface area contributed by atoms with E-state index in [-0.39, 0.29) is 23.5 Å². The topological polar surface area (TPSA) is 70.7 Å². The highest BCUT2D eigenvalue weighted by Gasteiger charge is 2.51. The van der Waals surface area contributed by atoms with E-state index in [0.29, 0.717) is 26.2 Å². The summed E-state index contributed by atoms with van der Waals surface area (Å²) in [5, 5.41) is 6.25. The number of nitrogens with zero attached hydrogens (tertiary/aromatic N) is 1. The summed E-state index contributed by atoms with van der Waals surface area (Å²) in [6.07, 6.45) is 7.73. The van der Waals surface area contributed by atoms with Crippen LogP contribution in [0.15, 0.2) is 0 Å². The monoisotopic (exact) mass is 349 g/mol. The summed E-state index contributed by atoms with van der Waals surface area (Å²) >= 11 is 0. The number of carbonyl (C=O) groups is 2. The number of amides is 2. The first-order valence-electron chi connectivity index (χ1n) is 9.89. The van der Waals surface area contributed by atoms with Gasteiger partial charge in [-0.25, -0.2) is 0 Å². The SMILES string of the molecule is CC(=O)NCC1CN(CC(=O)NC23CC4CC(CC(C4)C2)C3)CCO1. The number of hydrogen-bond acceptors (Lipinski definition) is 4. The molecular weight excluding hydrogens is 318 g/mol. The van der Waals surface area contributed by atoms with Crippen molar-refractivity contribution in [2.75, 3.05) is 32.8 Å². The summed E-state index contributed by atoms with van der Waals surface area (Å²) in [4.78, 5) is 25.9. The van der Waals surface area contributed by atoms with Crippen molar-refractivity contribution < 1.29 is 14.3 Å². The molecule has 4 aliphatic carbocycles. The molecule has 1 atom stereocenters. The molecule has 25 heavy (non-hydrogen) atoms. The van der Waals surface area contributed by atoms with Crippen molar-refractivity contribution in [3.8, 4) is 0 Å². The van der Waals surface area contributed by atoms with Gasteiger partial charge in [-0.2, -0.15) is 0 Å². The molecular formula is C19H31N3O3. The van der Waals surface area contributed by atoms with Gasteiger partial charge in [0.1, 0.15) is 0 Å². The lowest BCUT2D eigenvalue weighted by Crippen LogP contribution is -2.61. The van der Waals surface area contributed by atoms with Crippen LogP contribution < -0.4 is 10.6 Å². The van der Waals surface area contributed by atoms with Gasteiger partial charge in [-0.15, -0.1) is 0 Å². The van der Waals surface area contributed by atoms with Gasteiger partial charge in [0.05, 0.1) is 19.3 Å². The average molecular weight is 349 g/mol. The number of hydrogen-bond donors (Lipinski definition) is 2. The van der Waals surface area contributed by atoms with Crippen LogP contribution in [0.3, 0.4) is 0 Å². The Morgan fingerprint density at radius 2 is 1.76 bits per heavy atom. The van der Waals surface area contributed by atoms with Crippen molar-refractivity contribution in [2.45, 2.75) is 57.1 Å². The molecule has 140 valence electrons. The fraction of sp³-hybridized carbons (Fsp3) is 0.895. The Morgan fingerprint density at radius 1 is 1.12 bits per heavy atom. The third-order valence-electron chi connectivity index (χ3n) is 6.61. The van der Waals surface area contributed by atoms with E-state index < -0.39 is 0 Å². The molecule has 2 N–H and O–H groups in total. The fourth-order valence-corrected chi connectivity index (χ4v) is 6.11. The fourth-order valence-electron chi connectivity index (χ4n) is 6.11. The smallest absolute Gasteiger partial charge is 0.234 e. The van der Waals surface area contributed by atoms with Crippen molar-refractivity contribution in [2.24, 2.45) is 17.8 Å². The molecule has 4 bridgehead atoms. The Hall–Kier alpha value is -1.14. The highest BCUT2D eigenvalue weighted by molar-refractivity contribution is 5.79. The Bertz CT molecular complexity index is 501. The Morgan fingerprint density at radius 3 is 2.36 bits per heavy atom. The van der Waals surface area contributed by atoms with Crippen LogP contribution >= 0.6 is 0 Å². The molecule has 5 aliphatic rings. The number of morpholine rings is 1. The Labute approximate surface area is 150 Å². The van der Waals surface area contributed by atoms with Crippen LogP contribution in [-0.2, 0) is 14.3 Å². The van der Waals surface area contributed by atoms with E-state index in [1.165, 1.54) is 45.4 Å². The van der Waals surface area contributed by atoms with Crippen molar-refractivity contribution >= 4 is 11.8 Å². The minimum atomic E-state index is -0.0414. The first kappa shape index (κ1) is 17.3. The zero-order chi connectivity index (χ0) is 17.4. The maximum atomic E-state index is 12.7. The third-order valence-corrected chi connectivity index (χ3v) is 6.61. The van der Waals surface area contributed by atoms with Crippen LogP contribution in [0.1, 0.15) is 45.4 Å². The Balaban J connectivity index is 1.28. The number of ether oxygens (including phenoxy) is 1. The largest absolute Gasteiger partial charge is 0.374 e. The minimum absolute atomic E-state index is 0.0231. The first-order chi connectivity index (χ1) is 12.0. The summed E-state index contributed by atoms with van der Waals surface area (Å²) in [5.74, 6) is 2.66. The highest BCUT2D eigenvalue weighted by atomic mass is 16.5. The van der Waals surface area contributed by atoms with E-state index in [0.717, 1.165) is 24.3 Å². The van der Waals surface area contributed by atoms with Gasteiger partial charge < -0.3 is 15.4 Å². The molecule has 0 aromatic heterocycles. The van der Waals surface area contributed by atoms with E-state index in [9.17, 15) is 9.59 Å². The zero-order valence-corrected chi connectivity index (χ0v) is 15.3. The maximum Gasteiger partial charge on any atom is 0.234 e. The predicted octanol–water partition coefficient (Wildman–Crippen LogP) is 0.908. The van der Waals surface area contributed by atoms with Gasteiger partial charge in [-0.1, -0.05) is 0 Å². The van der Waals surface area contributed by atoms with Gasteiger partial charge in [-0.05, 0) is 56.3 Å². The standard InChI is InChI=1S/C19H31N3O3/c1-13(23)20-10-17-11-22(2-3-25-17)12-18(24)21-19-7-14-4-15(8-19)6-16(5-14)9-19/h14-17H,2-12H2,1H3,(H,20,23)(H,21,24). The van der Waals surface area contributed by atoms with E-state index >= 15 is 0 Å². The number of carbonyl (C=O) groups excluding carboxylic acids is 2. The summed E-state index contributed by atoms with van der Waals surface area (Å²) in [5.41, 5.74) is 0.0910. The quantitative estimate of drug-likeness (QED) is 0.774. The van der Waals surface area contributed by atoms with Crippen molar-refractivity contribution in [1.29, 1.82) is 0 Å². The number of nitrogens with one attached hydrogen (secondary N) is 2. The van der Waals surface area contributed by atoms with Crippen LogP contribution in [0.2, 0.25) is 0 Å². The number of rotatable bonds is 5. The lowest BCUT2D eigenvalue weighted by molar-refractivity contribution is -0.130. The summed E-state index contributed by atoms with van der Waals surface area (Å²) in [7, 11) is 0. The Kier molecular flexibility index (Phi) is 4.75. The molecule has 0 aromatic carbocycles. The van der Waals surface area contributed by atoms with Gasteiger partial charge in [0.2, 0.25) is 11.8 Å². The lowest BCUT2D eigenvalue weighted by atomic mass is 9.53. The molecule has 1 unspecified atom stereocenters. The maximum absolute atomic E-state index is 12.7. The van der Waals surface area contributed by atoms with E-state index in [1.807, 2.05) is 0 Å². The van der Waals surface area contributed by atoms with Crippen LogP contribution in [0.4, 0.5) is 0 Å². The van der Waals surface area contributed by atoms with Crippen molar-refractivity contribution in [1.82, 2.24) is 15.5 Å². The van der Waals surface area contributed by atoms with Crippen molar-refractivity contribution in [3.63, 3.8) is 0 Å². The molecule has 1 saturated heterocycles. The summed E-state index contributed by atoms with van der Waals surface area (Å²) < 4.78 is 5.69. The van der Waals surface area contributed by atoms with E-state index in [2.05, 4.69) is 15.5 Å². The second-order valence-corrected chi connectivity index (χ2v) is 8.91. The molecule has 0 aromatic rings. The summed E-state index contributed by atoms with van der Waals surface area (Å²) in [6, 6.07) is 0. The molecule has 4 saturated carbocycles. The van der Waals surface area contributed by atoms with Gasteiger partial charge in [-0.3, -0.25) is 14.5 Å². The predicted molar refractivity (Wildman–Crippen MR) is 93.9 cm³/mol. The van der Waals surface area contributed by atoms with E-state index in [1.54, 1.807) is 0 Å². The molecule has 2 amide bonds. The van der Waals surface area contributed by atoms with Crippen LogP contribution in [0, 0.1) is 17.8 Å². The molecule has 6 heteroatoms. The van der Waals surface area contributed by atoms with Crippen LogP contribution in [0.5, 0.6) is 0 Å². The molecule has 0 spiro atoms.